The van der Waals surface area contributed by atoms with E-state index >= 15 is 0 Å². The number of carbonyl (C=O) groups is 1. The molecule has 0 aliphatic carbocycles. The second-order valence-corrected chi connectivity index (χ2v) is 5.04. The average molecular weight is 278 g/mol. The molecular formula is C15H17FNO3-. The summed E-state index contributed by atoms with van der Waals surface area (Å²) in [6, 6.07) is 5.53. The van der Waals surface area contributed by atoms with Crippen molar-refractivity contribution >= 4 is 17.2 Å². The lowest BCUT2D eigenvalue weighted by atomic mass is 10.0. The number of ether oxygens (including phenoxy) is 1. The summed E-state index contributed by atoms with van der Waals surface area (Å²) in [6.07, 6.45) is 0. The van der Waals surface area contributed by atoms with Gasteiger partial charge in [0.25, 0.3) is 0 Å². The molecule has 0 saturated carbocycles. The van der Waals surface area contributed by atoms with Crippen LogP contribution in [0.4, 0.5) is 10.1 Å². The Kier molecular flexibility index (Phi) is 3.97. The third-order valence-corrected chi connectivity index (χ3v) is 3.42. The number of anilines is 1. The van der Waals surface area contributed by atoms with Crippen LogP contribution in [0.3, 0.4) is 0 Å². The van der Waals surface area contributed by atoms with Crippen LogP contribution in [0, 0.1) is 0 Å². The number of fused-ring (bicyclic) bond motifs is 1. The van der Waals surface area contributed by atoms with Crippen LogP contribution in [0.1, 0.15) is 26.3 Å². The maximum absolute atomic E-state index is 13.4. The summed E-state index contributed by atoms with van der Waals surface area (Å²) in [5.74, 6) is -2.40. The third kappa shape index (κ3) is 2.61. The molecule has 108 valence electrons. The van der Waals surface area contributed by atoms with Gasteiger partial charge in [-0.3, -0.25) is 0 Å². The van der Waals surface area contributed by atoms with Crippen LogP contribution in [0.5, 0.6) is 5.75 Å². The van der Waals surface area contributed by atoms with E-state index in [0.29, 0.717) is 24.0 Å². The number of rotatable bonds is 3. The largest absolute Gasteiger partial charge is 0.542 e. The molecule has 0 bridgehead atoms. The van der Waals surface area contributed by atoms with Crippen molar-refractivity contribution in [1.82, 2.24) is 0 Å². The molecule has 0 atom stereocenters. The standard InChI is InChI=1S/C15H18FNO3/c1-9(2)17-6-7-20-13-8-11(4-5-12(13)17)10(3)14(16)15(18)19/h4-5,8-9H,6-7H2,1-3H3,(H,18,19)/p-1/b14-10+. The van der Waals surface area contributed by atoms with Gasteiger partial charge < -0.3 is 19.5 Å². The van der Waals surface area contributed by atoms with Crippen molar-refractivity contribution in [2.75, 3.05) is 18.1 Å². The molecule has 4 nitrogen and oxygen atoms in total. The van der Waals surface area contributed by atoms with Gasteiger partial charge in [0, 0.05) is 6.04 Å². The molecule has 0 fully saturated rings. The maximum Gasteiger partial charge on any atom is 0.149 e. The summed E-state index contributed by atoms with van der Waals surface area (Å²) in [6.45, 7) is 6.94. The first-order valence-electron chi connectivity index (χ1n) is 6.53. The summed E-state index contributed by atoms with van der Waals surface area (Å²) in [7, 11) is 0. The minimum atomic E-state index is -1.80. The number of hydrogen-bond donors (Lipinski definition) is 0. The zero-order valence-electron chi connectivity index (χ0n) is 11.8. The van der Waals surface area contributed by atoms with Crippen LogP contribution in [0.25, 0.3) is 5.57 Å². The van der Waals surface area contributed by atoms with Crippen molar-refractivity contribution in [3.05, 3.63) is 29.6 Å². The SMILES string of the molecule is C/C(=C(\F)C(=O)[O-])c1ccc2c(c1)OCCN2C(C)C. The van der Waals surface area contributed by atoms with Crippen LogP contribution >= 0.6 is 0 Å². The molecule has 1 aliphatic rings. The molecule has 1 aliphatic heterocycles. The van der Waals surface area contributed by atoms with E-state index in [-0.39, 0.29) is 5.57 Å². The average Bonchev–Trinajstić information content (AvgIpc) is 2.44. The third-order valence-electron chi connectivity index (χ3n) is 3.42. The van der Waals surface area contributed by atoms with Gasteiger partial charge in [0.05, 0.1) is 12.2 Å². The van der Waals surface area contributed by atoms with Crippen LogP contribution in [0.15, 0.2) is 24.0 Å². The van der Waals surface area contributed by atoms with E-state index in [4.69, 9.17) is 4.74 Å². The normalized spacial score (nSPS) is 15.6. The van der Waals surface area contributed by atoms with Gasteiger partial charge in [-0.15, -0.1) is 0 Å². The summed E-state index contributed by atoms with van der Waals surface area (Å²) in [5.41, 5.74) is 1.46. The number of carboxylic acid groups (broad SMARTS) is 1. The molecule has 0 unspecified atom stereocenters. The zero-order valence-corrected chi connectivity index (χ0v) is 11.8. The molecule has 1 heterocycles. The number of hydrogen-bond acceptors (Lipinski definition) is 4. The maximum atomic E-state index is 13.4. The van der Waals surface area contributed by atoms with E-state index in [9.17, 15) is 14.3 Å². The van der Waals surface area contributed by atoms with Crippen molar-refractivity contribution in [2.24, 2.45) is 0 Å². The summed E-state index contributed by atoms with van der Waals surface area (Å²) >= 11 is 0. The van der Waals surface area contributed by atoms with Crippen molar-refractivity contribution in [1.29, 1.82) is 0 Å². The molecule has 20 heavy (non-hydrogen) atoms. The van der Waals surface area contributed by atoms with Gasteiger partial charge in [0.1, 0.15) is 24.2 Å². The first-order chi connectivity index (χ1) is 9.41. The van der Waals surface area contributed by atoms with Crippen molar-refractivity contribution in [3.8, 4) is 5.75 Å². The molecule has 0 radical (unpaired) electrons. The predicted molar refractivity (Wildman–Crippen MR) is 73.1 cm³/mol. The molecular weight excluding hydrogens is 261 g/mol. The van der Waals surface area contributed by atoms with Crippen LogP contribution in [0.2, 0.25) is 0 Å². The fourth-order valence-electron chi connectivity index (χ4n) is 2.29. The van der Waals surface area contributed by atoms with Gasteiger partial charge in [-0.2, -0.15) is 0 Å². The molecule has 0 aromatic heterocycles. The minimum absolute atomic E-state index is 0.0399. The number of benzene rings is 1. The Morgan fingerprint density at radius 1 is 1.45 bits per heavy atom. The highest BCUT2D eigenvalue weighted by Gasteiger charge is 2.21. The van der Waals surface area contributed by atoms with Crippen LogP contribution < -0.4 is 14.7 Å². The van der Waals surface area contributed by atoms with Crippen LogP contribution in [-0.4, -0.2) is 25.2 Å². The van der Waals surface area contributed by atoms with Gasteiger partial charge in [0.15, 0.2) is 0 Å². The zero-order chi connectivity index (χ0) is 14.9. The Morgan fingerprint density at radius 2 is 2.15 bits per heavy atom. The van der Waals surface area contributed by atoms with Crippen LogP contribution in [-0.2, 0) is 4.79 Å². The van der Waals surface area contributed by atoms with E-state index in [1.165, 1.54) is 6.92 Å². The molecule has 0 amide bonds. The first kappa shape index (κ1) is 14.4. The fraction of sp³-hybridized carbons (Fsp3) is 0.400. The predicted octanol–water partition coefficient (Wildman–Crippen LogP) is 1.74. The molecule has 0 saturated heterocycles. The summed E-state index contributed by atoms with van der Waals surface area (Å²) in [5, 5.41) is 10.6. The number of nitrogens with zero attached hydrogens (tertiary/aromatic N) is 1. The topological polar surface area (TPSA) is 52.6 Å². The highest BCUT2D eigenvalue weighted by atomic mass is 19.1. The Balaban J connectivity index is 2.43. The van der Waals surface area contributed by atoms with E-state index in [1.807, 2.05) is 6.07 Å². The molecule has 2 rings (SSSR count). The van der Waals surface area contributed by atoms with E-state index < -0.39 is 11.8 Å². The van der Waals surface area contributed by atoms with Gasteiger partial charge in [-0.1, -0.05) is 6.07 Å². The lowest BCUT2D eigenvalue weighted by Gasteiger charge is -2.34. The number of carbonyl (C=O) groups excluding carboxylic acids is 1. The molecule has 1 aromatic carbocycles. The molecule has 5 heteroatoms. The quantitative estimate of drug-likeness (QED) is 0.790. The molecule has 0 spiro atoms. The van der Waals surface area contributed by atoms with E-state index in [2.05, 4.69) is 18.7 Å². The second kappa shape index (κ2) is 5.53. The first-order valence-corrected chi connectivity index (χ1v) is 6.53. The number of carboxylic acids is 1. The monoisotopic (exact) mass is 278 g/mol. The van der Waals surface area contributed by atoms with E-state index in [1.54, 1.807) is 12.1 Å². The van der Waals surface area contributed by atoms with Gasteiger partial charge >= 0.3 is 0 Å². The highest BCUT2D eigenvalue weighted by Crippen LogP contribution is 2.35. The summed E-state index contributed by atoms with van der Waals surface area (Å²) in [4.78, 5) is 12.8. The van der Waals surface area contributed by atoms with E-state index in [0.717, 1.165) is 12.2 Å². The highest BCUT2D eigenvalue weighted by molar-refractivity contribution is 5.92. The fourth-order valence-corrected chi connectivity index (χ4v) is 2.29. The molecule has 1 aromatic rings. The number of aliphatic carboxylic acids is 1. The van der Waals surface area contributed by atoms with Crippen molar-refractivity contribution in [2.45, 2.75) is 26.8 Å². The van der Waals surface area contributed by atoms with Gasteiger partial charge in [0.2, 0.25) is 0 Å². The van der Waals surface area contributed by atoms with Gasteiger partial charge in [-0.25, -0.2) is 4.39 Å². The minimum Gasteiger partial charge on any atom is -0.542 e. The molecule has 0 N–H and O–H groups in total. The smallest absolute Gasteiger partial charge is 0.149 e. The lowest BCUT2D eigenvalue weighted by molar-refractivity contribution is -0.301. The van der Waals surface area contributed by atoms with Crippen molar-refractivity contribution in [3.63, 3.8) is 0 Å². The Hall–Kier alpha value is -2.04. The second-order valence-electron chi connectivity index (χ2n) is 5.04. The Labute approximate surface area is 117 Å². The number of allylic oxidation sites excluding steroid dienone is 1. The van der Waals surface area contributed by atoms with Crippen molar-refractivity contribution < 1.29 is 19.0 Å². The lowest BCUT2D eigenvalue weighted by Crippen LogP contribution is -2.37. The van der Waals surface area contributed by atoms with Gasteiger partial charge in [-0.05, 0) is 44.0 Å². The number of halogens is 1. The Bertz CT molecular complexity index is 566. The Morgan fingerprint density at radius 3 is 2.75 bits per heavy atom. The summed E-state index contributed by atoms with van der Waals surface area (Å²) < 4.78 is 19.0.